The molecule has 12 heteroatoms. The summed E-state index contributed by atoms with van der Waals surface area (Å²) in [6.07, 6.45) is 3.61. The molecule has 0 atom stereocenters. The molecule has 0 aliphatic carbocycles. The van der Waals surface area contributed by atoms with Gasteiger partial charge in [-0.2, -0.15) is 0 Å². The van der Waals surface area contributed by atoms with Crippen LogP contribution in [0, 0.1) is 20.8 Å². The Kier molecular flexibility index (Phi) is 14.6. The Morgan fingerprint density at radius 3 is 1.07 bits per heavy atom. The molecule has 0 bridgehead atoms. The van der Waals surface area contributed by atoms with E-state index in [9.17, 15) is 14.4 Å². The zero-order chi connectivity index (χ0) is 47.7. The van der Waals surface area contributed by atoms with Gasteiger partial charge in [0.2, 0.25) is 0 Å². The first-order valence-electron chi connectivity index (χ1n) is 21.3. The molecule has 9 nitrogen and oxygen atoms in total. The molecular formula is C56H42Cl3N3O6. The van der Waals surface area contributed by atoms with Crippen molar-refractivity contribution in [2.75, 3.05) is 16.0 Å². The van der Waals surface area contributed by atoms with E-state index >= 15 is 0 Å². The molecule has 0 fully saturated rings. The van der Waals surface area contributed by atoms with Gasteiger partial charge in [0, 0.05) is 38.2 Å². The number of benzene rings is 8. The van der Waals surface area contributed by atoms with Crippen LogP contribution in [0.25, 0.3) is 12.2 Å². The second-order valence-electron chi connectivity index (χ2n) is 15.6. The van der Waals surface area contributed by atoms with Gasteiger partial charge < -0.3 is 30.2 Å². The molecule has 0 aromatic heterocycles. The second kappa shape index (κ2) is 21.2. The quantitative estimate of drug-likeness (QED) is 0.0557. The van der Waals surface area contributed by atoms with E-state index in [4.69, 9.17) is 49.0 Å². The summed E-state index contributed by atoms with van der Waals surface area (Å²) >= 11 is 19.1. The van der Waals surface area contributed by atoms with Crippen molar-refractivity contribution in [2.45, 2.75) is 20.8 Å². The number of esters is 3. The SMILES string of the molecule is Cc1c(Cl)cccc1Nc1ccccc1C(=O)Oc1ccc(/C=C/c2cc(OC(=O)c3ccccc3Nc3cccc(Cl)c3C)cc(OC(=O)c3ccccc3Nc3cccc(Cl)c3C)c2)cc1. The summed E-state index contributed by atoms with van der Waals surface area (Å²) in [5, 5.41) is 11.7. The fraction of sp³-hybridized carbons (Fsp3) is 0.0536. The number of anilines is 6. The number of rotatable bonds is 14. The van der Waals surface area contributed by atoms with Crippen molar-refractivity contribution >= 4 is 99.0 Å². The standard InChI is InChI=1S/C56H42Cl3N3O6/c1-34-45(57)16-10-22-48(34)60-51-19-7-4-13-42(51)54(63)66-39-29-27-37(28-30-39)25-26-38-31-40(67-55(64)43-14-5-8-20-52(43)61-49-23-11-17-46(58)35(49)2)33-41(32-38)68-56(65)44-15-6-9-21-53(44)62-50-24-12-18-47(59)36(50)3/h4-33,60-62H,1-3H3/b26-25+. The number of ether oxygens (including phenoxy) is 3. The Morgan fingerprint density at radius 2 is 0.691 bits per heavy atom. The average molecular weight is 959 g/mol. The lowest BCUT2D eigenvalue weighted by atomic mass is 10.1. The second-order valence-corrected chi connectivity index (χ2v) is 16.8. The van der Waals surface area contributed by atoms with Crippen molar-refractivity contribution < 1.29 is 28.6 Å². The molecule has 0 amide bonds. The summed E-state index contributed by atoms with van der Waals surface area (Å²) in [7, 11) is 0. The third kappa shape index (κ3) is 11.2. The lowest BCUT2D eigenvalue weighted by Crippen LogP contribution is -2.13. The van der Waals surface area contributed by atoms with Gasteiger partial charge in [-0.1, -0.05) is 114 Å². The topological polar surface area (TPSA) is 115 Å². The van der Waals surface area contributed by atoms with Crippen molar-refractivity contribution in [3.05, 3.63) is 229 Å². The van der Waals surface area contributed by atoms with E-state index in [0.29, 0.717) is 49.0 Å². The van der Waals surface area contributed by atoms with Gasteiger partial charge in [0.1, 0.15) is 17.2 Å². The summed E-state index contributed by atoms with van der Waals surface area (Å²) in [6, 6.07) is 49.3. The first-order valence-corrected chi connectivity index (χ1v) is 22.5. The van der Waals surface area contributed by atoms with Crippen LogP contribution in [0.4, 0.5) is 34.1 Å². The van der Waals surface area contributed by atoms with Crippen molar-refractivity contribution in [3.63, 3.8) is 0 Å². The first-order chi connectivity index (χ1) is 32.9. The minimum absolute atomic E-state index is 0.122. The Hall–Kier alpha value is -7.82. The van der Waals surface area contributed by atoms with Crippen LogP contribution in [0.2, 0.25) is 15.1 Å². The van der Waals surface area contributed by atoms with Crippen LogP contribution in [-0.4, -0.2) is 17.9 Å². The van der Waals surface area contributed by atoms with Crippen LogP contribution in [0.3, 0.4) is 0 Å². The molecule has 8 rings (SSSR count). The lowest BCUT2D eigenvalue weighted by molar-refractivity contribution is 0.0721. The molecule has 0 saturated heterocycles. The third-order valence-corrected chi connectivity index (χ3v) is 12.2. The first kappa shape index (κ1) is 46.7. The van der Waals surface area contributed by atoms with E-state index in [1.807, 2.05) is 69.3 Å². The minimum Gasteiger partial charge on any atom is -0.423 e. The summed E-state index contributed by atoms with van der Waals surface area (Å²) < 4.78 is 17.8. The van der Waals surface area contributed by atoms with Gasteiger partial charge >= 0.3 is 17.9 Å². The Morgan fingerprint density at radius 1 is 0.368 bits per heavy atom. The van der Waals surface area contributed by atoms with Gasteiger partial charge in [-0.15, -0.1) is 0 Å². The number of carbonyl (C=O) groups is 3. The summed E-state index contributed by atoms with van der Waals surface area (Å²) in [5.74, 6) is -1.26. The molecule has 0 unspecified atom stereocenters. The number of carbonyl (C=O) groups excluding carboxylic acids is 3. The zero-order valence-corrected chi connectivity index (χ0v) is 39.2. The molecule has 0 saturated carbocycles. The van der Waals surface area contributed by atoms with Crippen LogP contribution in [-0.2, 0) is 0 Å². The highest BCUT2D eigenvalue weighted by atomic mass is 35.5. The van der Waals surface area contributed by atoms with Crippen molar-refractivity contribution in [2.24, 2.45) is 0 Å². The van der Waals surface area contributed by atoms with Crippen molar-refractivity contribution in [1.82, 2.24) is 0 Å². The predicted molar refractivity (Wildman–Crippen MR) is 274 cm³/mol. The molecule has 3 N–H and O–H groups in total. The fourth-order valence-electron chi connectivity index (χ4n) is 7.11. The van der Waals surface area contributed by atoms with E-state index in [1.54, 1.807) is 127 Å². The highest BCUT2D eigenvalue weighted by Gasteiger charge is 2.20. The smallest absolute Gasteiger partial charge is 0.345 e. The van der Waals surface area contributed by atoms with E-state index in [1.165, 1.54) is 6.07 Å². The predicted octanol–water partition coefficient (Wildman–Crippen LogP) is 15.6. The van der Waals surface area contributed by atoms with Gasteiger partial charge in [-0.3, -0.25) is 0 Å². The molecule has 0 aliphatic heterocycles. The van der Waals surface area contributed by atoms with Gasteiger partial charge in [0.05, 0.1) is 33.8 Å². The molecule has 0 spiro atoms. The van der Waals surface area contributed by atoms with E-state index in [0.717, 1.165) is 39.3 Å². The molecule has 8 aromatic carbocycles. The maximum Gasteiger partial charge on any atom is 0.345 e. The molecule has 8 aromatic rings. The van der Waals surface area contributed by atoms with Crippen LogP contribution >= 0.6 is 34.8 Å². The Bertz CT molecular complexity index is 3100. The summed E-state index contributed by atoms with van der Waals surface area (Å²) in [5.41, 5.74) is 8.49. The Balaban J connectivity index is 1.04. The van der Waals surface area contributed by atoms with Gasteiger partial charge in [-0.25, -0.2) is 14.4 Å². The van der Waals surface area contributed by atoms with Crippen LogP contribution in [0.15, 0.2) is 170 Å². The van der Waals surface area contributed by atoms with Crippen LogP contribution < -0.4 is 30.2 Å². The maximum atomic E-state index is 13.9. The molecular weight excluding hydrogens is 917 g/mol. The number of hydrogen-bond acceptors (Lipinski definition) is 9. The van der Waals surface area contributed by atoms with Gasteiger partial charge in [-0.05, 0) is 146 Å². The van der Waals surface area contributed by atoms with E-state index in [2.05, 4.69) is 16.0 Å². The summed E-state index contributed by atoms with van der Waals surface area (Å²) in [4.78, 5) is 41.3. The molecule has 0 heterocycles. The van der Waals surface area contributed by atoms with Gasteiger partial charge in [0.25, 0.3) is 0 Å². The Labute approximate surface area is 408 Å². The van der Waals surface area contributed by atoms with Crippen LogP contribution in [0.1, 0.15) is 58.9 Å². The van der Waals surface area contributed by atoms with E-state index < -0.39 is 17.9 Å². The van der Waals surface area contributed by atoms with Crippen LogP contribution in [0.5, 0.6) is 17.2 Å². The molecule has 0 radical (unpaired) electrons. The fourth-order valence-corrected chi connectivity index (χ4v) is 7.63. The average Bonchev–Trinajstić information content (AvgIpc) is 3.33. The number of para-hydroxylation sites is 3. The minimum atomic E-state index is -0.652. The molecule has 338 valence electrons. The number of halogens is 3. The van der Waals surface area contributed by atoms with Gasteiger partial charge in [0.15, 0.2) is 0 Å². The lowest BCUT2D eigenvalue weighted by Gasteiger charge is -2.15. The number of hydrogen-bond donors (Lipinski definition) is 3. The number of nitrogens with one attached hydrogen (secondary N) is 3. The molecule has 0 aliphatic rings. The van der Waals surface area contributed by atoms with Crippen molar-refractivity contribution in [3.8, 4) is 17.2 Å². The summed E-state index contributed by atoms with van der Waals surface area (Å²) in [6.45, 7) is 5.66. The monoisotopic (exact) mass is 957 g/mol. The molecule has 68 heavy (non-hydrogen) atoms. The highest BCUT2D eigenvalue weighted by molar-refractivity contribution is 6.32. The zero-order valence-electron chi connectivity index (χ0n) is 36.9. The highest BCUT2D eigenvalue weighted by Crippen LogP contribution is 2.33. The normalized spacial score (nSPS) is 10.9. The third-order valence-electron chi connectivity index (χ3n) is 10.9. The maximum absolute atomic E-state index is 13.9. The van der Waals surface area contributed by atoms with E-state index in [-0.39, 0.29) is 22.6 Å². The van der Waals surface area contributed by atoms with Crippen molar-refractivity contribution in [1.29, 1.82) is 0 Å². The largest absolute Gasteiger partial charge is 0.423 e.